The normalized spacial score (nSPS) is 17.4. The highest BCUT2D eigenvalue weighted by molar-refractivity contribution is 7.15. The molecule has 27 heavy (non-hydrogen) atoms. The van der Waals surface area contributed by atoms with Crippen molar-refractivity contribution in [2.24, 2.45) is 0 Å². The highest BCUT2D eigenvalue weighted by Crippen LogP contribution is 2.37. The molecule has 3 heterocycles. The van der Waals surface area contributed by atoms with Gasteiger partial charge >= 0.3 is 12.0 Å². The molecule has 7 nitrogen and oxygen atoms in total. The Morgan fingerprint density at radius 1 is 1.22 bits per heavy atom. The summed E-state index contributed by atoms with van der Waals surface area (Å²) in [7, 11) is 0. The summed E-state index contributed by atoms with van der Waals surface area (Å²) < 4.78 is 7.42. The third-order valence-corrected chi connectivity index (χ3v) is 6.26. The fourth-order valence-electron chi connectivity index (χ4n) is 3.58. The van der Waals surface area contributed by atoms with Crippen molar-refractivity contribution in [2.45, 2.75) is 38.7 Å². The average molecular weight is 387 g/mol. The van der Waals surface area contributed by atoms with E-state index < -0.39 is 24.0 Å². The second kappa shape index (κ2) is 7.19. The van der Waals surface area contributed by atoms with Gasteiger partial charge in [-0.05, 0) is 50.3 Å². The van der Waals surface area contributed by atoms with E-state index in [9.17, 15) is 14.4 Å². The Hall–Kier alpha value is -2.61. The number of ether oxygens (including phenoxy) is 1. The van der Waals surface area contributed by atoms with E-state index in [1.807, 2.05) is 29.1 Å². The summed E-state index contributed by atoms with van der Waals surface area (Å²) in [5, 5.41) is 3.41. The Morgan fingerprint density at radius 3 is 2.67 bits per heavy atom. The SMILES string of the molecule is CC(OC(=O)c1c(-n2cccc2)sc2c1CCCC2)C(=O)N1CCNC1=O. The number of fused-ring (bicyclic) bond motifs is 1. The highest BCUT2D eigenvalue weighted by Gasteiger charge is 2.34. The van der Waals surface area contributed by atoms with Gasteiger partial charge < -0.3 is 14.6 Å². The van der Waals surface area contributed by atoms with E-state index in [4.69, 9.17) is 4.74 Å². The van der Waals surface area contributed by atoms with Gasteiger partial charge in [-0.15, -0.1) is 11.3 Å². The fourth-order valence-corrected chi connectivity index (χ4v) is 4.93. The molecular weight excluding hydrogens is 366 g/mol. The lowest BCUT2D eigenvalue weighted by Gasteiger charge is -2.19. The summed E-state index contributed by atoms with van der Waals surface area (Å²) in [6.07, 6.45) is 6.74. The number of hydrogen-bond donors (Lipinski definition) is 1. The molecular formula is C19H21N3O4S. The van der Waals surface area contributed by atoms with Crippen LogP contribution in [0.1, 0.15) is 40.6 Å². The Kier molecular flexibility index (Phi) is 4.73. The van der Waals surface area contributed by atoms with E-state index in [0.717, 1.165) is 41.1 Å². The van der Waals surface area contributed by atoms with E-state index in [-0.39, 0.29) is 0 Å². The van der Waals surface area contributed by atoms with Gasteiger partial charge in [-0.2, -0.15) is 0 Å². The highest BCUT2D eigenvalue weighted by atomic mass is 32.1. The van der Waals surface area contributed by atoms with Crippen molar-refractivity contribution in [1.82, 2.24) is 14.8 Å². The predicted octanol–water partition coefficient (Wildman–Crippen LogP) is 2.51. The summed E-state index contributed by atoms with van der Waals surface area (Å²) in [5.74, 6) is -0.997. The minimum atomic E-state index is -1.02. The number of amides is 3. The van der Waals surface area contributed by atoms with Crippen LogP contribution in [0, 0.1) is 0 Å². The number of hydrogen-bond acceptors (Lipinski definition) is 5. The molecule has 0 saturated carbocycles. The predicted molar refractivity (Wildman–Crippen MR) is 100 cm³/mol. The van der Waals surface area contributed by atoms with Crippen LogP contribution in [0.3, 0.4) is 0 Å². The van der Waals surface area contributed by atoms with Gasteiger partial charge in [0.15, 0.2) is 6.10 Å². The van der Waals surface area contributed by atoms with Crippen molar-refractivity contribution >= 4 is 29.2 Å². The number of aromatic nitrogens is 1. The van der Waals surface area contributed by atoms with Gasteiger partial charge in [0.25, 0.3) is 5.91 Å². The standard InChI is InChI=1S/C19H21N3O4S/c1-12(16(23)22-11-8-20-19(22)25)26-18(24)15-13-6-2-3-7-14(13)27-17(15)21-9-4-5-10-21/h4-5,9-10,12H,2-3,6-8,11H2,1H3,(H,20,25). The van der Waals surface area contributed by atoms with Gasteiger partial charge in [0.2, 0.25) is 0 Å². The Balaban J connectivity index is 1.60. The second-order valence-electron chi connectivity index (χ2n) is 6.75. The Morgan fingerprint density at radius 2 is 1.96 bits per heavy atom. The van der Waals surface area contributed by atoms with Crippen molar-refractivity contribution in [3.05, 3.63) is 40.5 Å². The summed E-state index contributed by atoms with van der Waals surface area (Å²) >= 11 is 1.61. The van der Waals surface area contributed by atoms with Crippen molar-refractivity contribution in [1.29, 1.82) is 0 Å². The lowest BCUT2D eigenvalue weighted by Crippen LogP contribution is -2.41. The third-order valence-electron chi connectivity index (χ3n) is 4.95. The lowest BCUT2D eigenvalue weighted by atomic mass is 9.95. The van der Waals surface area contributed by atoms with Gasteiger partial charge in [-0.25, -0.2) is 9.59 Å². The van der Waals surface area contributed by atoms with E-state index in [1.165, 1.54) is 11.8 Å². The van der Waals surface area contributed by atoms with Crippen LogP contribution in [0.2, 0.25) is 0 Å². The number of carbonyl (C=O) groups excluding carboxylic acids is 3. The third kappa shape index (κ3) is 3.25. The largest absolute Gasteiger partial charge is 0.449 e. The van der Waals surface area contributed by atoms with E-state index >= 15 is 0 Å². The molecule has 1 atom stereocenters. The van der Waals surface area contributed by atoms with Crippen LogP contribution in [-0.2, 0) is 22.4 Å². The number of carbonyl (C=O) groups is 3. The molecule has 0 radical (unpaired) electrons. The van der Waals surface area contributed by atoms with Crippen molar-refractivity contribution < 1.29 is 19.1 Å². The van der Waals surface area contributed by atoms with Gasteiger partial charge in [0.05, 0.1) is 5.56 Å². The summed E-state index contributed by atoms with van der Waals surface area (Å²) in [6, 6.07) is 3.38. The van der Waals surface area contributed by atoms with Crippen LogP contribution in [0.4, 0.5) is 4.79 Å². The number of imide groups is 1. The summed E-state index contributed by atoms with van der Waals surface area (Å²) in [4.78, 5) is 39.4. The molecule has 0 bridgehead atoms. The van der Waals surface area contributed by atoms with Crippen LogP contribution in [-0.4, -0.2) is 46.6 Å². The first kappa shape index (κ1) is 17.8. The first-order valence-electron chi connectivity index (χ1n) is 9.14. The van der Waals surface area contributed by atoms with Crippen LogP contribution in [0.15, 0.2) is 24.5 Å². The lowest BCUT2D eigenvalue weighted by molar-refractivity contribution is -0.136. The smallest absolute Gasteiger partial charge is 0.342 e. The molecule has 4 rings (SSSR count). The van der Waals surface area contributed by atoms with Gasteiger partial charge in [0, 0.05) is 30.4 Å². The first-order valence-corrected chi connectivity index (χ1v) is 9.96. The molecule has 2 aromatic rings. The molecule has 142 valence electrons. The van der Waals surface area contributed by atoms with Crippen LogP contribution >= 0.6 is 11.3 Å². The second-order valence-corrected chi connectivity index (χ2v) is 7.83. The van der Waals surface area contributed by atoms with E-state index in [2.05, 4.69) is 5.32 Å². The van der Waals surface area contributed by atoms with Crippen LogP contribution < -0.4 is 5.32 Å². The molecule has 1 saturated heterocycles. The zero-order chi connectivity index (χ0) is 19.0. The zero-order valence-corrected chi connectivity index (χ0v) is 15.9. The number of esters is 1. The average Bonchev–Trinajstić information content (AvgIpc) is 3.39. The van der Waals surface area contributed by atoms with Crippen LogP contribution in [0.5, 0.6) is 0 Å². The number of rotatable bonds is 4. The molecule has 1 aliphatic carbocycles. The maximum atomic E-state index is 13.0. The van der Waals surface area contributed by atoms with Gasteiger partial charge in [-0.1, -0.05) is 0 Å². The number of aryl methyl sites for hydroxylation is 1. The molecule has 8 heteroatoms. The van der Waals surface area contributed by atoms with E-state index in [1.54, 1.807) is 11.3 Å². The molecule has 0 spiro atoms. The maximum absolute atomic E-state index is 13.0. The molecule has 0 aromatic carbocycles. The van der Waals surface area contributed by atoms with Crippen molar-refractivity contribution in [2.75, 3.05) is 13.1 Å². The minimum absolute atomic E-state index is 0.294. The monoisotopic (exact) mass is 387 g/mol. The summed E-state index contributed by atoms with van der Waals surface area (Å²) in [6.45, 7) is 2.23. The van der Waals surface area contributed by atoms with Crippen molar-refractivity contribution in [3.8, 4) is 5.00 Å². The van der Waals surface area contributed by atoms with Gasteiger partial charge in [-0.3, -0.25) is 9.69 Å². The van der Waals surface area contributed by atoms with Gasteiger partial charge in [0.1, 0.15) is 5.00 Å². The molecule has 1 N–H and O–H groups in total. The van der Waals surface area contributed by atoms with Crippen molar-refractivity contribution in [3.63, 3.8) is 0 Å². The number of nitrogens with zero attached hydrogens (tertiary/aromatic N) is 2. The molecule has 1 fully saturated rings. The number of thiophene rings is 1. The number of nitrogens with one attached hydrogen (secondary N) is 1. The molecule has 1 unspecified atom stereocenters. The van der Waals surface area contributed by atoms with Crippen LogP contribution in [0.25, 0.3) is 5.00 Å². The summed E-state index contributed by atoms with van der Waals surface area (Å²) in [5.41, 5.74) is 1.59. The topological polar surface area (TPSA) is 80.6 Å². The molecule has 1 aliphatic heterocycles. The quantitative estimate of drug-likeness (QED) is 0.818. The molecule has 2 aromatic heterocycles. The fraction of sp³-hybridized carbons (Fsp3) is 0.421. The maximum Gasteiger partial charge on any atom is 0.342 e. The Labute approximate surface area is 160 Å². The molecule has 3 amide bonds. The van der Waals surface area contributed by atoms with E-state index in [0.29, 0.717) is 18.7 Å². The first-order chi connectivity index (χ1) is 13.1. The molecule has 2 aliphatic rings. The minimum Gasteiger partial charge on any atom is -0.449 e. The Bertz CT molecular complexity index is 887. The zero-order valence-electron chi connectivity index (χ0n) is 15.1. The number of urea groups is 1.